The lowest BCUT2D eigenvalue weighted by atomic mass is 9.80. The molecule has 4 aromatic carbocycles. The first-order valence-electron chi connectivity index (χ1n) is 11.8. The van der Waals surface area contributed by atoms with Gasteiger partial charge in [0, 0.05) is 17.7 Å². The Balaban J connectivity index is 1.38. The van der Waals surface area contributed by atoms with Crippen LogP contribution in [0.2, 0.25) is 0 Å². The summed E-state index contributed by atoms with van der Waals surface area (Å²) in [6.07, 6.45) is -0.841. The quantitative estimate of drug-likeness (QED) is 0.234. The largest absolute Gasteiger partial charge is 0.432 e. The van der Waals surface area contributed by atoms with E-state index in [1.807, 2.05) is 12.1 Å². The van der Waals surface area contributed by atoms with Gasteiger partial charge in [0.1, 0.15) is 34.6 Å². The first kappa shape index (κ1) is 24.9. The molecule has 5 rings (SSSR count). The second kappa shape index (κ2) is 9.61. The third-order valence-corrected chi connectivity index (χ3v) is 6.87. The summed E-state index contributed by atoms with van der Waals surface area (Å²) in [4.78, 5) is 0. The van der Waals surface area contributed by atoms with Gasteiger partial charge in [-0.1, -0.05) is 55.0 Å². The Hall–Kier alpha value is -3.74. The van der Waals surface area contributed by atoms with Crippen LogP contribution in [-0.4, -0.2) is 0 Å². The van der Waals surface area contributed by atoms with Gasteiger partial charge in [0.15, 0.2) is 0 Å². The summed E-state index contributed by atoms with van der Waals surface area (Å²) in [7, 11) is 0. The van der Waals surface area contributed by atoms with E-state index >= 15 is 0 Å². The maximum absolute atomic E-state index is 14.8. The van der Waals surface area contributed by atoms with E-state index in [-0.39, 0.29) is 5.56 Å². The van der Waals surface area contributed by atoms with Crippen LogP contribution in [0.15, 0.2) is 72.8 Å². The van der Waals surface area contributed by atoms with Gasteiger partial charge in [-0.2, -0.15) is 8.78 Å². The third kappa shape index (κ3) is 4.95. The molecule has 4 aromatic rings. The Labute approximate surface area is 210 Å². The SMILES string of the molecule is Cc1c(F)cc(OC(F)(F)c2c(F)cc(-c3ccc(-c4ccc(C5CCC5)cc4)cc3)cc2F)cc1F. The molecule has 1 nitrogen and oxygen atoms in total. The Kier molecular flexibility index (Phi) is 6.48. The van der Waals surface area contributed by atoms with Crippen molar-refractivity contribution in [2.45, 2.75) is 38.2 Å². The molecule has 1 fully saturated rings. The van der Waals surface area contributed by atoms with Crippen LogP contribution in [0.5, 0.6) is 5.75 Å². The van der Waals surface area contributed by atoms with Crippen LogP contribution in [-0.2, 0) is 6.11 Å². The van der Waals surface area contributed by atoms with Crippen LogP contribution in [0.1, 0.15) is 41.9 Å². The smallest absolute Gasteiger partial charge is 0.429 e. The molecule has 0 atom stereocenters. The van der Waals surface area contributed by atoms with Gasteiger partial charge in [-0.15, -0.1) is 0 Å². The molecule has 1 saturated carbocycles. The minimum Gasteiger partial charge on any atom is -0.429 e. The molecular formula is C30H22F6O. The van der Waals surface area contributed by atoms with Crippen molar-refractivity contribution in [2.24, 2.45) is 0 Å². The topological polar surface area (TPSA) is 9.23 Å². The summed E-state index contributed by atoms with van der Waals surface area (Å²) in [5.74, 6) is -5.63. The van der Waals surface area contributed by atoms with E-state index < -0.39 is 46.3 Å². The molecule has 0 unspecified atom stereocenters. The Morgan fingerprint density at radius 3 is 1.57 bits per heavy atom. The van der Waals surface area contributed by atoms with Crippen molar-refractivity contribution in [3.05, 3.63) is 113 Å². The minimum atomic E-state index is -4.52. The molecule has 37 heavy (non-hydrogen) atoms. The van der Waals surface area contributed by atoms with Crippen molar-refractivity contribution in [2.75, 3.05) is 0 Å². The highest BCUT2D eigenvalue weighted by Crippen LogP contribution is 2.39. The van der Waals surface area contributed by atoms with Gasteiger partial charge in [0.25, 0.3) is 0 Å². The molecule has 0 aromatic heterocycles. The minimum absolute atomic E-state index is 0.0499. The predicted molar refractivity (Wildman–Crippen MR) is 129 cm³/mol. The molecule has 0 N–H and O–H groups in total. The molecule has 0 heterocycles. The molecule has 1 aliphatic rings. The zero-order chi connectivity index (χ0) is 26.3. The second-order valence-corrected chi connectivity index (χ2v) is 9.27. The van der Waals surface area contributed by atoms with Crippen molar-refractivity contribution in [3.8, 4) is 28.0 Å². The van der Waals surface area contributed by atoms with E-state index in [0.29, 0.717) is 23.6 Å². The Morgan fingerprint density at radius 2 is 1.11 bits per heavy atom. The third-order valence-electron chi connectivity index (χ3n) is 6.87. The summed E-state index contributed by atoms with van der Waals surface area (Å²) < 4.78 is 90.6. The monoisotopic (exact) mass is 512 g/mol. The fourth-order valence-electron chi connectivity index (χ4n) is 4.44. The zero-order valence-electron chi connectivity index (χ0n) is 19.8. The Bertz CT molecular complexity index is 1390. The van der Waals surface area contributed by atoms with E-state index in [1.165, 1.54) is 24.8 Å². The number of hydrogen-bond acceptors (Lipinski definition) is 1. The fourth-order valence-corrected chi connectivity index (χ4v) is 4.44. The van der Waals surface area contributed by atoms with Gasteiger partial charge in [0.05, 0.1) is 0 Å². The van der Waals surface area contributed by atoms with E-state index in [2.05, 4.69) is 16.9 Å². The molecule has 0 spiro atoms. The summed E-state index contributed by atoms with van der Waals surface area (Å²) >= 11 is 0. The van der Waals surface area contributed by atoms with Gasteiger partial charge in [-0.05, 0) is 65.6 Å². The van der Waals surface area contributed by atoms with Gasteiger partial charge < -0.3 is 4.74 Å². The highest BCUT2D eigenvalue weighted by molar-refractivity contribution is 5.71. The van der Waals surface area contributed by atoms with Crippen molar-refractivity contribution in [3.63, 3.8) is 0 Å². The number of rotatable bonds is 6. The predicted octanol–water partition coefficient (Wildman–Crippen LogP) is 9.28. The van der Waals surface area contributed by atoms with E-state index in [0.717, 1.165) is 30.2 Å². The molecule has 190 valence electrons. The molecule has 7 heteroatoms. The number of ether oxygens (including phenoxy) is 1. The van der Waals surface area contributed by atoms with Gasteiger partial charge in [-0.25, -0.2) is 17.6 Å². The molecule has 0 aliphatic heterocycles. The highest BCUT2D eigenvalue weighted by atomic mass is 19.3. The highest BCUT2D eigenvalue weighted by Gasteiger charge is 2.41. The lowest BCUT2D eigenvalue weighted by Gasteiger charge is -2.25. The van der Waals surface area contributed by atoms with Crippen LogP contribution in [0.3, 0.4) is 0 Å². The van der Waals surface area contributed by atoms with Crippen LogP contribution in [0.25, 0.3) is 22.3 Å². The van der Waals surface area contributed by atoms with Gasteiger partial charge >= 0.3 is 6.11 Å². The van der Waals surface area contributed by atoms with Crippen LogP contribution >= 0.6 is 0 Å². The summed E-state index contributed by atoms with van der Waals surface area (Å²) in [6, 6.07) is 17.8. The fraction of sp³-hybridized carbons (Fsp3) is 0.200. The normalized spacial score (nSPS) is 13.9. The molecule has 0 radical (unpaired) electrons. The average Bonchev–Trinajstić information content (AvgIpc) is 2.81. The first-order chi connectivity index (χ1) is 17.6. The zero-order valence-corrected chi connectivity index (χ0v) is 19.8. The molecule has 0 bridgehead atoms. The van der Waals surface area contributed by atoms with Crippen LogP contribution < -0.4 is 4.74 Å². The molecule has 1 aliphatic carbocycles. The molecule has 0 saturated heterocycles. The average molecular weight is 512 g/mol. The second-order valence-electron chi connectivity index (χ2n) is 9.27. The van der Waals surface area contributed by atoms with Crippen molar-refractivity contribution in [1.82, 2.24) is 0 Å². The molecule has 0 amide bonds. The number of benzene rings is 4. The van der Waals surface area contributed by atoms with Crippen molar-refractivity contribution >= 4 is 0 Å². The van der Waals surface area contributed by atoms with Gasteiger partial charge in [0.2, 0.25) is 0 Å². The number of alkyl halides is 2. The van der Waals surface area contributed by atoms with E-state index in [4.69, 9.17) is 0 Å². The summed E-state index contributed by atoms with van der Waals surface area (Å²) in [5.41, 5.74) is 1.63. The summed E-state index contributed by atoms with van der Waals surface area (Å²) in [5, 5.41) is 0. The van der Waals surface area contributed by atoms with E-state index in [1.54, 1.807) is 24.3 Å². The van der Waals surface area contributed by atoms with Crippen molar-refractivity contribution in [1.29, 1.82) is 0 Å². The summed E-state index contributed by atoms with van der Waals surface area (Å²) in [6.45, 7) is 1.11. The maximum atomic E-state index is 14.8. The number of hydrogen-bond donors (Lipinski definition) is 0. The van der Waals surface area contributed by atoms with Crippen LogP contribution in [0, 0.1) is 30.2 Å². The molecular weight excluding hydrogens is 490 g/mol. The van der Waals surface area contributed by atoms with Gasteiger partial charge in [-0.3, -0.25) is 0 Å². The lowest BCUT2D eigenvalue weighted by molar-refractivity contribution is -0.189. The van der Waals surface area contributed by atoms with Crippen molar-refractivity contribution < 1.29 is 31.1 Å². The lowest BCUT2D eigenvalue weighted by Crippen LogP contribution is -2.25. The number of halogens is 6. The maximum Gasteiger partial charge on any atom is 0.432 e. The first-order valence-corrected chi connectivity index (χ1v) is 11.8. The standard InChI is InChI=1S/C30H22F6O/c1-17-25(31)15-24(16-26(17)32)37-30(35,36)29-27(33)13-23(14-28(29)34)22-11-9-21(10-12-22)20-7-5-19(6-8-20)18-3-2-4-18/h5-16,18H,2-4H2,1H3. The van der Waals surface area contributed by atoms with E-state index in [9.17, 15) is 26.3 Å². The Morgan fingerprint density at radius 1 is 0.649 bits per heavy atom. The van der Waals surface area contributed by atoms with Crippen LogP contribution in [0.4, 0.5) is 26.3 Å².